The summed E-state index contributed by atoms with van der Waals surface area (Å²) < 4.78 is 1.17. The number of hydrogen-bond donors (Lipinski definition) is 3. The molecule has 25 heavy (non-hydrogen) atoms. The molecule has 0 spiro atoms. The quantitative estimate of drug-likeness (QED) is 0.686. The summed E-state index contributed by atoms with van der Waals surface area (Å²) >= 11 is 0. The van der Waals surface area contributed by atoms with Crippen molar-refractivity contribution in [3.8, 4) is 5.69 Å². The maximum Gasteiger partial charge on any atom is 0.303 e. The van der Waals surface area contributed by atoms with E-state index in [1.165, 1.54) is 4.57 Å². The third kappa shape index (κ3) is 2.89. The van der Waals surface area contributed by atoms with Crippen molar-refractivity contribution >= 4 is 23.6 Å². The molecule has 2 aromatic rings. The van der Waals surface area contributed by atoms with Gasteiger partial charge in [-0.05, 0) is 24.5 Å². The Balaban J connectivity index is 2.11. The second kappa shape index (κ2) is 6.23. The van der Waals surface area contributed by atoms with Crippen molar-refractivity contribution in [1.82, 2.24) is 9.88 Å². The molecular weight excluding hydrogens is 326 g/mol. The fourth-order valence-corrected chi connectivity index (χ4v) is 2.90. The molecule has 3 rings (SSSR count). The zero-order valence-corrected chi connectivity index (χ0v) is 13.1. The second-order valence-corrected chi connectivity index (χ2v) is 5.65. The molecule has 1 aromatic heterocycles. The summed E-state index contributed by atoms with van der Waals surface area (Å²) in [5, 5.41) is 10.9. The van der Waals surface area contributed by atoms with Crippen molar-refractivity contribution in [2.24, 2.45) is 0 Å². The number of anilines is 1. The van der Waals surface area contributed by atoms with E-state index in [2.05, 4.69) is 5.32 Å². The van der Waals surface area contributed by atoms with Crippen LogP contribution in [0.4, 0.5) is 5.82 Å². The van der Waals surface area contributed by atoms with Crippen molar-refractivity contribution in [3.05, 3.63) is 57.4 Å². The molecule has 0 bridgehead atoms. The zero-order valence-electron chi connectivity index (χ0n) is 13.1. The molecule has 0 radical (unpaired) electrons. The van der Waals surface area contributed by atoms with Crippen molar-refractivity contribution < 1.29 is 19.5 Å². The van der Waals surface area contributed by atoms with Gasteiger partial charge in [0.2, 0.25) is 0 Å². The standard InChI is InChI=1S/C17H15N3O5/c18-15-14-10(16(24)19-17(14)25)8-12(21)20(15)11-6-2-1-4-9(11)5-3-7-13(22)23/h1-2,4,6,8H,3,5,7,18H2,(H,22,23)(H,19,24,25). The molecule has 2 amide bonds. The molecule has 128 valence electrons. The highest BCUT2D eigenvalue weighted by molar-refractivity contribution is 6.23. The smallest absolute Gasteiger partial charge is 0.303 e. The molecule has 0 unspecified atom stereocenters. The maximum absolute atomic E-state index is 12.5. The number of benzene rings is 1. The third-order valence-electron chi connectivity index (χ3n) is 4.02. The first-order chi connectivity index (χ1) is 11.9. The van der Waals surface area contributed by atoms with Gasteiger partial charge in [-0.2, -0.15) is 0 Å². The number of hydrogen-bond acceptors (Lipinski definition) is 5. The van der Waals surface area contributed by atoms with Gasteiger partial charge in [-0.25, -0.2) is 0 Å². The summed E-state index contributed by atoms with van der Waals surface area (Å²) in [4.78, 5) is 46.8. The number of carboxylic acid groups (broad SMARTS) is 1. The Kier molecular flexibility index (Phi) is 4.10. The fraction of sp³-hybridized carbons (Fsp3) is 0.176. The summed E-state index contributed by atoms with van der Waals surface area (Å²) in [6.45, 7) is 0. The Morgan fingerprint density at radius 2 is 1.88 bits per heavy atom. The minimum absolute atomic E-state index is 0.000188. The van der Waals surface area contributed by atoms with Gasteiger partial charge in [0, 0.05) is 12.5 Å². The van der Waals surface area contributed by atoms with Gasteiger partial charge in [0.05, 0.1) is 16.8 Å². The number of amides is 2. The molecule has 0 atom stereocenters. The second-order valence-electron chi connectivity index (χ2n) is 5.65. The molecular formula is C17H15N3O5. The van der Waals surface area contributed by atoms with Gasteiger partial charge in [0.15, 0.2) is 0 Å². The van der Waals surface area contributed by atoms with E-state index < -0.39 is 23.3 Å². The lowest BCUT2D eigenvalue weighted by Crippen LogP contribution is -2.25. The molecule has 4 N–H and O–H groups in total. The predicted octanol–water partition coefficient (Wildman–Crippen LogP) is 0.711. The Morgan fingerprint density at radius 3 is 2.60 bits per heavy atom. The predicted molar refractivity (Wildman–Crippen MR) is 88.8 cm³/mol. The van der Waals surface area contributed by atoms with Crippen LogP contribution in [0.1, 0.15) is 39.1 Å². The van der Waals surface area contributed by atoms with Crippen molar-refractivity contribution in [3.63, 3.8) is 0 Å². The average Bonchev–Trinajstić information content (AvgIpc) is 2.82. The molecule has 1 aromatic carbocycles. The van der Waals surface area contributed by atoms with Crippen molar-refractivity contribution in [2.45, 2.75) is 19.3 Å². The van der Waals surface area contributed by atoms with E-state index in [0.29, 0.717) is 18.5 Å². The van der Waals surface area contributed by atoms with Crippen LogP contribution in [0.25, 0.3) is 5.69 Å². The number of carbonyl (C=O) groups excluding carboxylic acids is 2. The third-order valence-corrected chi connectivity index (χ3v) is 4.02. The number of nitrogens with one attached hydrogen (secondary N) is 1. The van der Waals surface area contributed by atoms with Crippen LogP contribution in [0.5, 0.6) is 0 Å². The minimum Gasteiger partial charge on any atom is -0.481 e. The molecule has 8 nitrogen and oxygen atoms in total. The van der Waals surface area contributed by atoms with Gasteiger partial charge < -0.3 is 10.8 Å². The number of carboxylic acids is 1. The lowest BCUT2D eigenvalue weighted by atomic mass is 10.0. The van der Waals surface area contributed by atoms with Crippen LogP contribution >= 0.6 is 0 Å². The molecule has 0 fully saturated rings. The summed E-state index contributed by atoms with van der Waals surface area (Å²) in [6.07, 6.45) is 0.821. The van der Waals surface area contributed by atoms with Crippen LogP contribution in [-0.2, 0) is 11.2 Å². The number of aliphatic carboxylic acids is 1. The van der Waals surface area contributed by atoms with Gasteiger partial charge in [-0.15, -0.1) is 0 Å². The number of nitrogens with two attached hydrogens (primary N) is 1. The van der Waals surface area contributed by atoms with Crippen LogP contribution in [0, 0.1) is 0 Å². The Morgan fingerprint density at radius 1 is 1.16 bits per heavy atom. The normalized spacial score (nSPS) is 12.8. The Bertz CT molecular complexity index is 961. The van der Waals surface area contributed by atoms with Gasteiger partial charge in [0.1, 0.15) is 5.82 Å². The van der Waals surface area contributed by atoms with Crippen LogP contribution in [-0.4, -0.2) is 27.5 Å². The molecule has 0 saturated carbocycles. The monoisotopic (exact) mass is 341 g/mol. The van der Waals surface area contributed by atoms with Crippen LogP contribution in [0.3, 0.4) is 0 Å². The van der Waals surface area contributed by atoms with E-state index in [0.717, 1.165) is 11.6 Å². The van der Waals surface area contributed by atoms with Gasteiger partial charge in [-0.1, -0.05) is 18.2 Å². The first-order valence-corrected chi connectivity index (χ1v) is 7.61. The number of aryl methyl sites for hydroxylation is 1. The number of imide groups is 1. The van der Waals surface area contributed by atoms with E-state index >= 15 is 0 Å². The fourth-order valence-electron chi connectivity index (χ4n) is 2.90. The number of nitrogens with zero attached hydrogens (tertiary/aromatic N) is 1. The highest BCUT2D eigenvalue weighted by Crippen LogP contribution is 2.25. The average molecular weight is 341 g/mol. The van der Waals surface area contributed by atoms with E-state index in [9.17, 15) is 19.2 Å². The highest BCUT2D eigenvalue weighted by atomic mass is 16.4. The van der Waals surface area contributed by atoms with E-state index in [-0.39, 0.29) is 23.4 Å². The number of nitrogen functional groups attached to an aromatic ring is 1. The summed E-state index contributed by atoms with van der Waals surface area (Å²) in [6, 6.07) is 7.99. The van der Waals surface area contributed by atoms with Gasteiger partial charge in [-0.3, -0.25) is 29.1 Å². The molecule has 1 aliphatic rings. The van der Waals surface area contributed by atoms with Gasteiger partial charge >= 0.3 is 5.97 Å². The minimum atomic E-state index is -0.901. The van der Waals surface area contributed by atoms with Crippen LogP contribution in [0.2, 0.25) is 0 Å². The van der Waals surface area contributed by atoms with Crippen LogP contribution in [0.15, 0.2) is 35.1 Å². The van der Waals surface area contributed by atoms with Crippen molar-refractivity contribution in [1.29, 1.82) is 0 Å². The number of carbonyl (C=O) groups is 3. The molecule has 2 heterocycles. The van der Waals surface area contributed by atoms with Crippen LogP contribution < -0.4 is 16.6 Å². The molecule has 1 aliphatic heterocycles. The maximum atomic E-state index is 12.5. The Labute approximate surface area is 141 Å². The number of rotatable bonds is 5. The lowest BCUT2D eigenvalue weighted by molar-refractivity contribution is -0.137. The number of fused-ring (bicyclic) bond motifs is 1. The first kappa shape index (κ1) is 16.4. The summed E-state index contributed by atoms with van der Waals surface area (Å²) in [5.41, 5.74) is 6.62. The summed E-state index contributed by atoms with van der Waals surface area (Å²) in [7, 11) is 0. The Hall–Kier alpha value is -3.42. The largest absolute Gasteiger partial charge is 0.481 e. The zero-order chi connectivity index (χ0) is 18.1. The summed E-state index contributed by atoms with van der Waals surface area (Å²) in [5.74, 6) is -2.31. The molecule has 0 saturated heterocycles. The van der Waals surface area contributed by atoms with E-state index in [1.807, 2.05) is 0 Å². The van der Waals surface area contributed by atoms with E-state index in [1.54, 1.807) is 24.3 Å². The topological polar surface area (TPSA) is 131 Å². The molecule has 8 heteroatoms. The number of para-hydroxylation sites is 1. The molecule has 0 aliphatic carbocycles. The number of pyridine rings is 1. The first-order valence-electron chi connectivity index (χ1n) is 7.61. The highest BCUT2D eigenvalue weighted by Gasteiger charge is 2.32. The van der Waals surface area contributed by atoms with E-state index in [4.69, 9.17) is 10.8 Å². The van der Waals surface area contributed by atoms with Gasteiger partial charge in [0.25, 0.3) is 17.4 Å². The lowest BCUT2D eigenvalue weighted by Gasteiger charge is -2.15. The van der Waals surface area contributed by atoms with Crippen molar-refractivity contribution in [2.75, 3.05) is 5.73 Å². The SMILES string of the molecule is Nc1c2c(cc(=O)n1-c1ccccc1CCCC(=O)O)C(=O)NC2=O. The number of aromatic nitrogens is 1.